The summed E-state index contributed by atoms with van der Waals surface area (Å²) < 4.78 is 10.5. The maximum Gasteiger partial charge on any atom is 0.323 e. The topological polar surface area (TPSA) is 91.9 Å². The van der Waals surface area contributed by atoms with Crippen LogP contribution < -0.4 is 30.3 Å². The van der Waals surface area contributed by atoms with Crippen LogP contribution in [-0.2, 0) is 0 Å². The van der Waals surface area contributed by atoms with E-state index in [9.17, 15) is 9.59 Å². The normalized spacial score (nSPS) is 10.4. The maximum absolute atomic E-state index is 12.7. The molecule has 0 unspecified atom stereocenters. The van der Waals surface area contributed by atoms with Crippen molar-refractivity contribution in [3.05, 3.63) is 42.0 Å². The van der Waals surface area contributed by atoms with E-state index in [1.807, 2.05) is 32.8 Å². The molecule has 2 rings (SSSR count). The Morgan fingerprint density at radius 3 is 2.33 bits per heavy atom. The summed E-state index contributed by atoms with van der Waals surface area (Å²) in [5, 5.41) is 8.42. The molecule has 0 bridgehead atoms. The largest absolute Gasteiger partial charge is 0.497 e. The van der Waals surface area contributed by atoms with Crippen molar-refractivity contribution in [3.63, 3.8) is 0 Å². The molecular formula is C22H30N4O4. The number of nitrogens with zero attached hydrogens (tertiary/aromatic N) is 1. The van der Waals surface area contributed by atoms with Crippen LogP contribution >= 0.6 is 0 Å². The summed E-state index contributed by atoms with van der Waals surface area (Å²) in [4.78, 5) is 27.0. The summed E-state index contributed by atoms with van der Waals surface area (Å²) in [5.41, 5.74) is 2.25. The first-order valence-electron chi connectivity index (χ1n) is 9.64. The van der Waals surface area contributed by atoms with E-state index < -0.39 is 6.03 Å². The monoisotopic (exact) mass is 414 g/mol. The van der Waals surface area contributed by atoms with E-state index in [2.05, 4.69) is 16.0 Å². The van der Waals surface area contributed by atoms with Crippen molar-refractivity contribution in [2.75, 3.05) is 50.4 Å². The number of ether oxygens (including phenoxy) is 2. The SMILES string of the molecule is COc1ccc(NC(=O)Nc2ccc(N(C)C)c(C(=O)NCC(C)C)c2)c(OC)c1. The standard InChI is InChI=1S/C22H30N4O4/c1-14(2)13-23-21(27)17-11-15(7-10-19(17)26(3)4)24-22(28)25-18-9-8-16(29-5)12-20(18)30-6/h7-12,14H,13H2,1-6H3,(H,23,27)(H2,24,25,28). The fraction of sp³-hybridized carbons (Fsp3) is 0.364. The van der Waals surface area contributed by atoms with Crippen LogP contribution in [0.4, 0.5) is 21.9 Å². The number of carbonyl (C=O) groups is 2. The van der Waals surface area contributed by atoms with Gasteiger partial charge in [-0.15, -0.1) is 0 Å². The van der Waals surface area contributed by atoms with E-state index in [-0.39, 0.29) is 5.91 Å². The van der Waals surface area contributed by atoms with Gasteiger partial charge in [-0.05, 0) is 36.2 Å². The van der Waals surface area contributed by atoms with Gasteiger partial charge in [-0.3, -0.25) is 4.79 Å². The lowest BCUT2D eigenvalue weighted by atomic mass is 10.1. The van der Waals surface area contributed by atoms with Crippen molar-refractivity contribution in [1.29, 1.82) is 0 Å². The molecule has 0 aliphatic rings. The Morgan fingerprint density at radius 2 is 1.73 bits per heavy atom. The molecular weight excluding hydrogens is 384 g/mol. The highest BCUT2D eigenvalue weighted by molar-refractivity contribution is 6.04. The molecule has 0 saturated heterocycles. The van der Waals surface area contributed by atoms with Crippen molar-refractivity contribution < 1.29 is 19.1 Å². The third-order valence-corrected chi connectivity index (χ3v) is 4.31. The molecule has 0 saturated carbocycles. The lowest BCUT2D eigenvalue weighted by Gasteiger charge is -2.19. The van der Waals surface area contributed by atoms with Crippen LogP contribution in [0.1, 0.15) is 24.2 Å². The van der Waals surface area contributed by atoms with E-state index in [1.54, 1.807) is 43.5 Å². The van der Waals surface area contributed by atoms with E-state index in [0.717, 1.165) is 5.69 Å². The highest BCUT2D eigenvalue weighted by Crippen LogP contribution is 2.29. The summed E-state index contributed by atoms with van der Waals surface area (Å²) in [7, 11) is 6.80. The van der Waals surface area contributed by atoms with Crippen molar-refractivity contribution >= 4 is 29.0 Å². The zero-order valence-corrected chi connectivity index (χ0v) is 18.3. The van der Waals surface area contributed by atoms with Gasteiger partial charge in [0, 0.05) is 38.1 Å². The lowest BCUT2D eigenvalue weighted by molar-refractivity contribution is 0.0949. The number of carbonyl (C=O) groups excluding carboxylic acids is 2. The van der Waals surface area contributed by atoms with E-state index in [4.69, 9.17) is 9.47 Å². The minimum Gasteiger partial charge on any atom is -0.497 e. The average molecular weight is 415 g/mol. The molecule has 0 aliphatic heterocycles. The zero-order chi connectivity index (χ0) is 22.3. The number of urea groups is 1. The first-order valence-corrected chi connectivity index (χ1v) is 9.64. The second-order valence-electron chi connectivity index (χ2n) is 7.38. The Balaban J connectivity index is 2.18. The Bertz CT molecular complexity index is 897. The van der Waals surface area contributed by atoms with Gasteiger partial charge in [-0.1, -0.05) is 13.8 Å². The minimum absolute atomic E-state index is 0.187. The third-order valence-electron chi connectivity index (χ3n) is 4.31. The minimum atomic E-state index is -0.454. The fourth-order valence-corrected chi connectivity index (χ4v) is 2.76. The van der Waals surface area contributed by atoms with Crippen LogP contribution in [-0.4, -0.2) is 46.8 Å². The van der Waals surface area contributed by atoms with E-state index in [1.165, 1.54) is 7.11 Å². The average Bonchev–Trinajstić information content (AvgIpc) is 2.71. The molecule has 0 fully saturated rings. The molecule has 3 amide bonds. The molecule has 2 aromatic rings. The number of hydrogen-bond acceptors (Lipinski definition) is 5. The van der Waals surface area contributed by atoms with E-state index in [0.29, 0.717) is 40.9 Å². The van der Waals surface area contributed by atoms with Crippen LogP contribution in [0, 0.1) is 5.92 Å². The molecule has 30 heavy (non-hydrogen) atoms. The van der Waals surface area contributed by atoms with Gasteiger partial charge in [0.05, 0.1) is 25.5 Å². The second-order valence-corrected chi connectivity index (χ2v) is 7.38. The summed E-state index contributed by atoms with van der Waals surface area (Å²) >= 11 is 0. The highest BCUT2D eigenvalue weighted by Gasteiger charge is 2.16. The van der Waals surface area contributed by atoms with Gasteiger partial charge in [-0.2, -0.15) is 0 Å². The van der Waals surface area contributed by atoms with Gasteiger partial charge in [0.1, 0.15) is 11.5 Å². The summed E-state index contributed by atoms with van der Waals surface area (Å²) in [6.45, 7) is 4.63. The number of anilines is 3. The molecule has 0 aliphatic carbocycles. The predicted octanol–water partition coefficient (Wildman–Crippen LogP) is 3.80. The third kappa shape index (κ3) is 6.04. The Labute approximate surface area is 177 Å². The van der Waals surface area contributed by atoms with Crippen molar-refractivity contribution in [2.24, 2.45) is 5.92 Å². The number of nitrogens with one attached hydrogen (secondary N) is 3. The van der Waals surface area contributed by atoms with Gasteiger partial charge in [0.2, 0.25) is 0 Å². The Morgan fingerprint density at radius 1 is 1.00 bits per heavy atom. The molecule has 3 N–H and O–H groups in total. The zero-order valence-electron chi connectivity index (χ0n) is 18.3. The Kier molecular flexibility index (Phi) is 7.91. The van der Waals surface area contributed by atoms with Crippen molar-refractivity contribution in [2.45, 2.75) is 13.8 Å². The van der Waals surface area contributed by atoms with Gasteiger partial charge in [-0.25, -0.2) is 4.79 Å². The smallest absolute Gasteiger partial charge is 0.323 e. The summed E-state index contributed by atoms with van der Waals surface area (Å²) in [6, 6.07) is 9.85. The fourth-order valence-electron chi connectivity index (χ4n) is 2.76. The van der Waals surface area contributed by atoms with Crippen LogP contribution in [0.3, 0.4) is 0 Å². The van der Waals surface area contributed by atoms with Gasteiger partial charge in [0.25, 0.3) is 5.91 Å². The van der Waals surface area contributed by atoms with Crippen LogP contribution in [0.15, 0.2) is 36.4 Å². The van der Waals surface area contributed by atoms with Gasteiger partial charge >= 0.3 is 6.03 Å². The molecule has 8 nitrogen and oxygen atoms in total. The Hall–Kier alpha value is -3.42. The van der Waals surface area contributed by atoms with Gasteiger partial charge in [0.15, 0.2) is 0 Å². The molecule has 162 valence electrons. The molecule has 0 heterocycles. The van der Waals surface area contributed by atoms with Crippen molar-refractivity contribution in [1.82, 2.24) is 5.32 Å². The lowest BCUT2D eigenvalue weighted by Crippen LogP contribution is -2.29. The van der Waals surface area contributed by atoms with Crippen LogP contribution in [0.5, 0.6) is 11.5 Å². The number of rotatable bonds is 8. The maximum atomic E-state index is 12.7. The molecule has 8 heteroatoms. The number of methoxy groups -OCH3 is 2. The van der Waals surface area contributed by atoms with E-state index >= 15 is 0 Å². The van der Waals surface area contributed by atoms with Crippen molar-refractivity contribution in [3.8, 4) is 11.5 Å². The summed E-state index contributed by atoms with van der Waals surface area (Å²) in [6.07, 6.45) is 0. The van der Waals surface area contributed by atoms with Gasteiger partial charge < -0.3 is 30.3 Å². The summed E-state index contributed by atoms with van der Waals surface area (Å²) in [5.74, 6) is 1.24. The molecule has 2 aromatic carbocycles. The quantitative estimate of drug-likeness (QED) is 0.611. The molecule has 0 radical (unpaired) electrons. The molecule has 0 atom stereocenters. The number of amides is 3. The first-order chi connectivity index (χ1) is 14.2. The van der Waals surface area contributed by atoms with Crippen LogP contribution in [0.2, 0.25) is 0 Å². The molecule has 0 aromatic heterocycles. The number of benzene rings is 2. The van der Waals surface area contributed by atoms with Crippen LogP contribution in [0.25, 0.3) is 0 Å². The second kappa shape index (κ2) is 10.4. The number of hydrogen-bond donors (Lipinski definition) is 3. The molecule has 0 spiro atoms. The predicted molar refractivity (Wildman–Crippen MR) is 120 cm³/mol. The first kappa shape index (κ1) is 22.9. The highest BCUT2D eigenvalue weighted by atomic mass is 16.5.